The molecule has 1 rings (SSSR count). The van der Waals surface area contributed by atoms with E-state index in [1.807, 2.05) is 7.05 Å². The Labute approximate surface area is 104 Å². The summed E-state index contributed by atoms with van der Waals surface area (Å²) in [5.74, 6) is 1.88. The third-order valence-electron chi connectivity index (χ3n) is 3.02. The van der Waals surface area contributed by atoms with E-state index in [9.17, 15) is 0 Å². The van der Waals surface area contributed by atoms with Gasteiger partial charge in [-0.3, -0.25) is 0 Å². The Morgan fingerprint density at radius 2 is 1.82 bits per heavy atom. The first-order valence-corrected chi connectivity index (χ1v) is 6.33. The zero-order valence-corrected chi connectivity index (χ0v) is 11.6. The van der Waals surface area contributed by atoms with Crippen LogP contribution in [0.1, 0.15) is 46.1 Å². The van der Waals surface area contributed by atoms with Crippen molar-refractivity contribution >= 4 is 11.6 Å². The normalized spacial score (nSPS) is 11.4. The molecule has 0 saturated heterocycles. The Bertz CT molecular complexity index is 360. The minimum absolute atomic E-state index is 0.0574. The van der Waals surface area contributed by atoms with Gasteiger partial charge in [-0.1, -0.05) is 20.3 Å². The monoisotopic (exact) mass is 236 g/mol. The van der Waals surface area contributed by atoms with Gasteiger partial charge in [-0.25, -0.2) is 9.97 Å². The maximum Gasteiger partial charge on any atom is 0.135 e. The van der Waals surface area contributed by atoms with E-state index < -0.39 is 0 Å². The number of anilines is 2. The van der Waals surface area contributed by atoms with Crippen LogP contribution in [0.25, 0.3) is 0 Å². The quantitative estimate of drug-likeness (QED) is 0.797. The Balaban J connectivity index is 3.05. The van der Waals surface area contributed by atoms with Crippen LogP contribution in [0, 0.1) is 0 Å². The van der Waals surface area contributed by atoms with Crippen LogP contribution >= 0.6 is 0 Å². The predicted molar refractivity (Wildman–Crippen MR) is 73.6 cm³/mol. The molecule has 1 heterocycles. The van der Waals surface area contributed by atoms with E-state index in [0.29, 0.717) is 0 Å². The first-order chi connectivity index (χ1) is 8.04. The maximum absolute atomic E-state index is 4.38. The molecule has 0 radical (unpaired) electrons. The molecule has 0 saturated carbocycles. The first kappa shape index (κ1) is 13.7. The van der Waals surface area contributed by atoms with Crippen LogP contribution in [-0.2, 0) is 6.42 Å². The van der Waals surface area contributed by atoms with Crippen molar-refractivity contribution in [3.63, 3.8) is 0 Å². The Kier molecular flexibility index (Phi) is 4.73. The van der Waals surface area contributed by atoms with Crippen molar-refractivity contribution < 1.29 is 0 Å². The second-order valence-electron chi connectivity index (χ2n) is 4.91. The van der Waals surface area contributed by atoms with Gasteiger partial charge in [-0.15, -0.1) is 0 Å². The highest BCUT2D eigenvalue weighted by Crippen LogP contribution is 2.25. The zero-order chi connectivity index (χ0) is 12.9. The molecule has 0 aliphatic carbocycles. The highest BCUT2D eigenvalue weighted by atomic mass is 15.1. The molecule has 0 unspecified atom stereocenters. The highest BCUT2D eigenvalue weighted by molar-refractivity contribution is 5.58. The number of hydrogen-bond donors (Lipinski definition) is 2. The molecule has 17 heavy (non-hydrogen) atoms. The van der Waals surface area contributed by atoms with Crippen molar-refractivity contribution in [2.45, 2.75) is 52.5 Å². The van der Waals surface area contributed by atoms with E-state index in [4.69, 9.17) is 0 Å². The van der Waals surface area contributed by atoms with Gasteiger partial charge in [-0.05, 0) is 26.7 Å². The summed E-state index contributed by atoms with van der Waals surface area (Å²) in [7, 11) is 1.90. The summed E-state index contributed by atoms with van der Waals surface area (Å²) in [4.78, 5) is 8.65. The lowest BCUT2D eigenvalue weighted by atomic mass is 10.0. The lowest BCUT2D eigenvalue weighted by Crippen LogP contribution is -2.31. The molecule has 4 nitrogen and oxygen atoms in total. The number of hydrogen-bond acceptors (Lipinski definition) is 4. The second kappa shape index (κ2) is 5.84. The number of rotatable bonds is 6. The summed E-state index contributed by atoms with van der Waals surface area (Å²) in [6.45, 7) is 8.71. The van der Waals surface area contributed by atoms with Gasteiger partial charge in [-0.2, -0.15) is 0 Å². The van der Waals surface area contributed by atoms with Crippen LogP contribution in [0.4, 0.5) is 11.6 Å². The van der Waals surface area contributed by atoms with Gasteiger partial charge in [0.1, 0.15) is 18.0 Å². The van der Waals surface area contributed by atoms with Gasteiger partial charge in [0.2, 0.25) is 0 Å². The van der Waals surface area contributed by atoms with Crippen LogP contribution in [-0.4, -0.2) is 22.6 Å². The van der Waals surface area contributed by atoms with Crippen molar-refractivity contribution in [2.24, 2.45) is 0 Å². The molecular weight excluding hydrogens is 212 g/mol. The lowest BCUT2D eigenvalue weighted by Gasteiger charge is -2.27. The molecule has 2 N–H and O–H groups in total. The third-order valence-corrected chi connectivity index (χ3v) is 3.02. The fourth-order valence-corrected chi connectivity index (χ4v) is 1.63. The van der Waals surface area contributed by atoms with Crippen molar-refractivity contribution in [1.29, 1.82) is 0 Å². The average Bonchev–Trinajstić information content (AvgIpc) is 2.31. The smallest absolute Gasteiger partial charge is 0.135 e. The van der Waals surface area contributed by atoms with Crippen LogP contribution in [0.5, 0.6) is 0 Å². The standard InChI is InChI=1S/C13H24N4/c1-6-8-10-11(14-5)15-9-16-12(10)17-13(3,4)7-2/h9H,6-8H2,1-5H3,(H2,14,15,16,17). The van der Waals surface area contributed by atoms with Gasteiger partial charge < -0.3 is 10.6 Å². The fourth-order valence-electron chi connectivity index (χ4n) is 1.63. The van der Waals surface area contributed by atoms with Crippen LogP contribution in [0.3, 0.4) is 0 Å². The zero-order valence-electron chi connectivity index (χ0n) is 11.6. The van der Waals surface area contributed by atoms with Gasteiger partial charge in [0, 0.05) is 18.2 Å². The molecule has 1 aromatic rings. The van der Waals surface area contributed by atoms with E-state index >= 15 is 0 Å². The predicted octanol–water partition coefficient (Wildman–Crippen LogP) is 3.07. The molecule has 0 atom stereocenters. The molecule has 0 amide bonds. The van der Waals surface area contributed by atoms with Crippen LogP contribution in [0.2, 0.25) is 0 Å². The fraction of sp³-hybridized carbons (Fsp3) is 0.692. The van der Waals surface area contributed by atoms with E-state index in [1.54, 1.807) is 6.33 Å². The second-order valence-corrected chi connectivity index (χ2v) is 4.91. The molecule has 96 valence electrons. The molecule has 0 fully saturated rings. The summed E-state index contributed by atoms with van der Waals surface area (Å²) in [5, 5.41) is 6.64. The maximum atomic E-state index is 4.38. The molecule has 4 heteroatoms. The van der Waals surface area contributed by atoms with Crippen LogP contribution < -0.4 is 10.6 Å². The van der Waals surface area contributed by atoms with E-state index in [-0.39, 0.29) is 5.54 Å². The first-order valence-electron chi connectivity index (χ1n) is 6.33. The minimum atomic E-state index is 0.0574. The van der Waals surface area contributed by atoms with Gasteiger partial charge >= 0.3 is 0 Å². The third kappa shape index (κ3) is 3.58. The minimum Gasteiger partial charge on any atom is -0.373 e. The van der Waals surface area contributed by atoms with E-state index in [1.165, 1.54) is 5.56 Å². The van der Waals surface area contributed by atoms with Crippen molar-refractivity contribution in [2.75, 3.05) is 17.7 Å². The number of nitrogens with zero attached hydrogens (tertiary/aromatic N) is 2. The Hall–Kier alpha value is -1.32. The molecular formula is C13H24N4. The van der Waals surface area contributed by atoms with E-state index in [0.717, 1.165) is 30.9 Å². The summed E-state index contributed by atoms with van der Waals surface area (Å²) in [6.07, 6.45) is 4.74. The Morgan fingerprint density at radius 3 is 2.35 bits per heavy atom. The molecule has 0 aliphatic rings. The molecule has 1 aromatic heterocycles. The van der Waals surface area contributed by atoms with Crippen molar-refractivity contribution in [3.05, 3.63) is 11.9 Å². The van der Waals surface area contributed by atoms with Crippen molar-refractivity contribution in [3.8, 4) is 0 Å². The topological polar surface area (TPSA) is 49.8 Å². The summed E-state index contributed by atoms with van der Waals surface area (Å²) in [5.41, 5.74) is 1.24. The van der Waals surface area contributed by atoms with Crippen molar-refractivity contribution in [1.82, 2.24) is 9.97 Å². The SMILES string of the molecule is CCCc1c(NC)ncnc1NC(C)(C)CC. The van der Waals surface area contributed by atoms with Crippen LogP contribution in [0.15, 0.2) is 6.33 Å². The van der Waals surface area contributed by atoms with Gasteiger partial charge in [0.15, 0.2) is 0 Å². The molecule has 0 bridgehead atoms. The average molecular weight is 236 g/mol. The number of aromatic nitrogens is 2. The largest absolute Gasteiger partial charge is 0.373 e. The summed E-state index contributed by atoms with van der Waals surface area (Å²) in [6, 6.07) is 0. The lowest BCUT2D eigenvalue weighted by molar-refractivity contribution is 0.543. The Morgan fingerprint density at radius 1 is 1.18 bits per heavy atom. The van der Waals surface area contributed by atoms with E-state index in [2.05, 4.69) is 48.3 Å². The molecule has 0 aliphatic heterocycles. The van der Waals surface area contributed by atoms with Gasteiger partial charge in [0.05, 0.1) is 0 Å². The highest BCUT2D eigenvalue weighted by Gasteiger charge is 2.18. The summed E-state index contributed by atoms with van der Waals surface area (Å²) >= 11 is 0. The molecule has 0 aromatic carbocycles. The summed E-state index contributed by atoms with van der Waals surface area (Å²) < 4.78 is 0. The number of nitrogens with one attached hydrogen (secondary N) is 2. The molecule has 0 spiro atoms. The van der Waals surface area contributed by atoms with Gasteiger partial charge in [0.25, 0.3) is 0 Å².